The lowest BCUT2D eigenvalue weighted by Crippen LogP contribution is -1.93. The first-order valence-electron chi connectivity index (χ1n) is 5.68. The van der Waals surface area contributed by atoms with Crippen LogP contribution in [0.5, 0.6) is 0 Å². The van der Waals surface area contributed by atoms with Gasteiger partial charge in [-0.3, -0.25) is 0 Å². The van der Waals surface area contributed by atoms with Gasteiger partial charge in [-0.05, 0) is 26.7 Å². The van der Waals surface area contributed by atoms with Crippen LogP contribution in [0.3, 0.4) is 0 Å². The molecule has 0 saturated carbocycles. The molecule has 0 aliphatic heterocycles. The Bertz CT molecular complexity index is 313. The maximum atomic E-state index is 9.86. The van der Waals surface area contributed by atoms with E-state index in [2.05, 4.69) is 48.6 Å². The molecule has 0 atom stereocenters. The van der Waals surface area contributed by atoms with E-state index in [0.29, 0.717) is 5.57 Å². The summed E-state index contributed by atoms with van der Waals surface area (Å²) in [5, 5.41) is 8.11. The van der Waals surface area contributed by atoms with Gasteiger partial charge in [-0.2, -0.15) is 0 Å². The van der Waals surface area contributed by atoms with Gasteiger partial charge in [0.2, 0.25) is 0 Å². The van der Waals surface area contributed by atoms with E-state index >= 15 is 0 Å². The number of aliphatic carboxylic acids is 1. The van der Waals surface area contributed by atoms with Gasteiger partial charge in [-0.25, -0.2) is 4.79 Å². The molecule has 0 aromatic heterocycles. The van der Waals surface area contributed by atoms with Gasteiger partial charge in [0.15, 0.2) is 0 Å². The molecule has 1 N–H and O–H groups in total. The standard InChI is InChI=1S/C5H8O2.2C5H6/c1-3-4(2)5(6)7;2*1-2-4-5-3-1/h3H,1-2H3,(H,6,7);2*1-4H,5H2. The highest BCUT2D eigenvalue weighted by Crippen LogP contribution is 1.93. The zero-order valence-corrected chi connectivity index (χ0v) is 10.5. The zero-order valence-electron chi connectivity index (χ0n) is 10.5. The number of carbonyl (C=O) groups is 1. The van der Waals surface area contributed by atoms with Gasteiger partial charge >= 0.3 is 5.97 Å². The minimum Gasteiger partial charge on any atom is -0.478 e. The van der Waals surface area contributed by atoms with Crippen molar-refractivity contribution in [1.82, 2.24) is 0 Å². The van der Waals surface area contributed by atoms with Gasteiger partial charge in [0, 0.05) is 5.57 Å². The van der Waals surface area contributed by atoms with Crippen LogP contribution in [-0.4, -0.2) is 11.1 Å². The van der Waals surface area contributed by atoms with E-state index in [9.17, 15) is 4.79 Å². The molecular weight excluding hydrogens is 212 g/mol. The Kier molecular flexibility index (Phi) is 9.53. The Hall–Kier alpha value is -1.83. The van der Waals surface area contributed by atoms with Crippen LogP contribution in [0.15, 0.2) is 60.3 Å². The van der Waals surface area contributed by atoms with E-state index in [1.54, 1.807) is 19.9 Å². The van der Waals surface area contributed by atoms with Crippen molar-refractivity contribution in [3.8, 4) is 0 Å². The molecule has 2 aliphatic rings. The van der Waals surface area contributed by atoms with Crippen LogP contribution in [0.2, 0.25) is 0 Å². The summed E-state index contributed by atoms with van der Waals surface area (Å²) in [4.78, 5) is 9.86. The monoisotopic (exact) mass is 232 g/mol. The molecule has 0 spiro atoms. The quantitative estimate of drug-likeness (QED) is 0.693. The highest BCUT2D eigenvalue weighted by molar-refractivity contribution is 5.85. The minimum atomic E-state index is -0.845. The summed E-state index contributed by atoms with van der Waals surface area (Å²) in [6.45, 7) is 3.26. The first-order valence-corrected chi connectivity index (χ1v) is 5.68. The van der Waals surface area contributed by atoms with Crippen LogP contribution in [0, 0.1) is 0 Å². The Balaban J connectivity index is 0.000000229. The van der Waals surface area contributed by atoms with Crippen molar-refractivity contribution in [3.63, 3.8) is 0 Å². The lowest BCUT2D eigenvalue weighted by atomic mass is 10.3. The third kappa shape index (κ3) is 10.5. The zero-order chi connectivity index (χ0) is 12.9. The maximum Gasteiger partial charge on any atom is 0.330 e. The second kappa shape index (κ2) is 10.7. The molecule has 0 unspecified atom stereocenters. The third-order valence-corrected chi connectivity index (χ3v) is 2.08. The fourth-order valence-electron chi connectivity index (χ4n) is 0.909. The van der Waals surface area contributed by atoms with Crippen molar-refractivity contribution in [2.75, 3.05) is 0 Å². The Morgan fingerprint density at radius 1 is 1.00 bits per heavy atom. The average molecular weight is 232 g/mol. The largest absolute Gasteiger partial charge is 0.478 e. The van der Waals surface area contributed by atoms with Crippen molar-refractivity contribution >= 4 is 5.97 Å². The highest BCUT2D eigenvalue weighted by Gasteiger charge is 1.93. The van der Waals surface area contributed by atoms with Gasteiger partial charge in [0.25, 0.3) is 0 Å². The molecule has 0 aromatic carbocycles. The van der Waals surface area contributed by atoms with E-state index in [1.165, 1.54) is 0 Å². The summed E-state index contributed by atoms with van der Waals surface area (Å²) in [5.41, 5.74) is 0.389. The molecule has 2 heteroatoms. The molecule has 92 valence electrons. The third-order valence-electron chi connectivity index (χ3n) is 2.08. The number of allylic oxidation sites excluding steroid dienone is 9. The lowest BCUT2D eigenvalue weighted by Gasteiger charge is -1.84. The van der Waals surface area contributed by atoms with Gasteiger partial charge in [0.05, 0.1) is 0 Å². The predicted molar refractivity (Wildman–Crippen MR) is 72.9 cm³/mol. The second-order valence-corrected chi connectivity index (χ2v) is 3.46. The molecule has 17 heavy (non-hydrogen) atoms. The van der Waals surface area contributed by atoms with Crippen LogP contribution in [0.4, 0.5) is 0 Å². The van der Waals surface area contributed by atoms with Crippen LogP contribution in [-0.2, 0) is 4.79 Å². The van der Waals surface area contributed by atoms with Crippen LogP contribution in [0.25, 0.3) is 0 Å². The summed E-state index contributed by atoms with van der Waals surface area (Å²) >= 11 is 0. The molecule has 0 heterocycles. The van der Waals surface area contributed by atoms with E-state index in [1.807, 2.05) is 0 Å². The molecule has 2 rings (SSSR count). The number of rotatable bonds is 1. The Morgan fingerprint density at radius 2 is 1.35 bits per heavy atom. The molecule has 2 aliphatic carbocycles. The Labute approximate surface area is 103 Å². The maximum absolute atomic E-state index is 9.86. The highest BCUT2D eigenvalue weighted by atomic mass is 16.4. The van der Waals surface area contributed by atoms with E-state index in [-0.39, 0.29) is 0 Å². The van der Waals surface area contributed by atoms with Crippen LogP contribution >= 0.6 is 0 Å². The minimum absolute atomic E-state index is 0.389. The van der Waals surface area contributed by atoms with Gasteiger partial charge in [-0.1, -0.05) is 54.7 Å². The van der Waals surface area contributed by atoms with Crippen LogP contribution in [0.1, 0.15) is 26.7 Å². The van der Waals surface area contributed by atoms with Gasteiger partial charge in [-0.15, -0.1) is 0 Å². The molecule has 0 aromatic rings. The predicted octanol–water partition coefficient (Wildman–Crippen LogP) is 4.04. The molecule has 2 nitrogen and oxygen atoms in total. The van der Waals surface area contributed by atoms with Crippen molar-refractivity contribution in [2.45, 2.75) is 26.7 Å². The van der Waals surface area contributed by atoms with Crippen molar-refractivity contribution in [3.05, 3.63) is 60.3 Å². The average Bonchev–Trinajstić information content (AvgIpc) is 3.04. The number of hydrogen-bond acceptors (Lipinski definition) is 1. The lowest BCUT2D eigenvalue weighted by molar-refractivity contribution is -0.132. The molecule has 0 amide bonds. The smallest absolute Gasteiger partial charge is 0.330 e. The van der Waals surface area contributed by atoms with E-state index in [4.69, 9.17) is 5.11 Å². The normalized spacial score (nSPS) is 15.1. The molecular formula is C15H20O2. The van der Waals surface area contributed by atoms with E-state index in [0.717, 1.165) is 12.8 Å². The first kappa shape index (κ1) is 15.2. The molecule has 0 fully saturated rings. The number of carboxylic acid groups (broad SMARTS) is 1. The molecule has 0 bridgehead atoms. The number of hydrogen-bond donors (Lipinski definition) is 1. The fraction of sp³-hybridized carbons (Fsp3) is 0.267. The fourth-order valence-corrected chi connectivity index (χ4v) is 0.909. The summed E-state index contributed by atoms with van der Waals surface area (Å²) < 4.78 is 0. The Morgan fingerprint density at radius 3 is 1.41 bits per heavy atom. The first-order chi connectivity index (χ1) is 8.18. The molecule has 0 saturated heterocycles. The van der Waals surface area contributed by atoms with Crippen molar-refractivity contribution in [2.24, 2.45) is 0 Å². The van der Waals surface area contributed by atoms with Crippen molar-refractivity contribution in [1.29, 1.82) is 0 Å². The van der Waals surface area contributed by atoms with Crippen LogP contribution < -0.4 is 0 Å². The van der Waals surface area contributed by atoms with Gasteiger partial charge in [0.1, 0.15) is 0 Å². The summed E-state index contributed by atoms with van der Waals surface area (Å²) in [6.07, 6.45) is 20.6. The molecule has 0 radical (unpaired) electrons. The number of carboxylic acids is 1. The summed E-state index contributed by atoms with van der Waals surface area (Å²) in [5.74, 6) is -0.845. The van der Waals surface area contributed by atoms with E-state index < -0.39 is 5.97 Å². The summed E-state index contributed by atoms with van der Waals surface area (Å²) in [7, 11) is 0. The second-order valence-electron chi connectivity index (χ2n) is 3.46. The SMILES string of the molecule is C1=CCC=C1.C1=CCC=C1.CC=C(C)C(=O)O. The van der Waals surface area contributed by atoms with Gasteiger partial charge < -0.3 is 5.11 Å². The summed E-state index contributed by atoms with van der Waals surface area (Å²) in [6, 6.07) is 0. The van der Waals surface area contributed by atoms with Crippen molar-refractivity contribution < 1.29 is 9.90 Å². The topological polar surface area (TPSA) is 37.3 Å².